The van der Waals surface area contributed by atoms with E-state index in [1.807, 2.05) is 0 Å². The van der Waals surface area contributed by atoms with E-state index in [4.69, 9.17) is 29.2 Å². The molecule has 0 amide bonds. The summed E-state index contributed by atoms with van der Waals surface area (Å²) in [5.41, 5.74) is 10.0. The van der Waals surface area contributed by atoms with E-state index in [1.54, 1.807) is 24.3 Å². The van der Waals surface area contributed by atoms with E-state index in [0.29, 0.717) is 22.6 Å². The lowest BCUT2D eigenvalue weighted by molar-refractivity contribution is -0.351. The number of azide groups is 1. The summed E-state index contributed by atoms with van der Waals surface area (Å²) in [6, 6.07) is 2.02. The quantitative estimate of drug-likeness (QED) is 0.191. The average Bonchev–Trinajstić information content (AvgIpc) is 3.14. The first-order valence-corrected chi connectivity index (χ1v) is 9.88. The summed E-state index contributed by atoms with van der Waals surface area (Å²) in [4.78, 5) is 14.7. The minimum atomic E-state index is -1.81. The number of carbonyl (C=O) groups is 1. The van der Waals surface area contributed by atoms with Crippen LogP contribution in [0, 0.1) is 0 Å². The van der Waals surface area contributed by atoms with Crippen LogP contribution in [0.1, 0.15) is 18.1 Å². The van der Waals surface area contributed by atoms with Crippen molar-refractivity contribution in [2.75, 3.05) is 19.8 Å². The molecule has 1 aromatic rings. The molecule has 0 saturated carbocycles. The van der Waals surface area contributed by atoms with Crippen molar-refractivity contribution in [1.29, 1.82) is 0 Å². The Hall–Kier alpha value is -3.08. The predicted molar refractivity (Wildman–Crippen MR) is 111 cm³/mol. The monoisotopic (exact) mass is 447 g/mol. The smallest absolute Gasteiger partial charge is 0.303 e. The zero-order chi connectivity index (χ0) is 23.3. The summed E-state index contributed by atoms with van der Waals surface area (Å²) in [5.74, 6) is -1.74. The molecule has 2 N–H and O–H groups in total. The molecule has 172 valence electrons. The fourth-order valence-electron chi connectivity index (χ4n) is 3.88. The third kappa shape index (κ3) is 4.29. The first kappa shape index (κ1) is 23.6. The summed E-state index contributed by atoms with van der Waals surface area (Å²) in [6.45, 7) is 8.25. The molecule has 1 spiro atoms. The van der Waals surface area contributed by atoms with Crippen molar-refractivity contribution >= 4 is 5.97 Å². The van der Waals surface area contributed by atoms with E-state index in [-0.39, 0.29) is 19.8 Å². The molecule has 1 aromatic carbocycles. The van der Waals surface area contributed by atoms with Crippen molar-refractivity contribution < 1.29 is 38.7 Å². The Morgan fingerprint density at radius 2 is 2.09 bits per heavy atom. The van der Waals surface area contributed by atoms with Gasteiger partial charge in [0, 0.05) is 17.9 Å². The van der Waals surface area contributed by atoms with E-state index in [0.717, 1.165) is 0 Å². The highest BCUT2D eigenvalue weighted by atomic mass is 16.7. The van der Waals surface area contributed by atoms with Crippen LogP contribution < -0.4 is 9.47 Å². The molecule has 11 nitrogen and oxygen atoms in total. The molecule has 2 aliphatic heterocycles. The molecule has 1 fully saturated rings. The lowest BCUT2D eigenvalue weighted by atomic mass is 9.85. The number of rotatable bonds is 9. The van der Waals surface area contributed by atoms with E-state index in [9.17, 15) is 15.0 Å². The molecule has 2 aliphatic rings. The van der Waals surface area contributed by atoms with Gasteiger partial charge < -0.3 is 33.9 Å². The Balaban J connectivity index is 2.20. The highest BCUT2D eigenvalue weighted by Crippen LogP contribution is 2.52. The van der Waals surface area contributed by atoms with Crippen molar-refractivity contribution in [3.63, 3.8) is 0 Å². The van der Waals surface area contributed by atoms with Gasteiger partial charge in [-0.1, -0.05) is 30.4 Å². The topological polar surface area (TPSA) is 152 Å². The molecule has 11 heteroatoms. The second-order valence-electron chi connectivity index (χ2n) is 7.17. The zero-order valence-electron chi connectivity index (χ0n) is 17.5. The van der Waals surface area contributed by atoms with Gasteiger partial charge in [-0.3, -0.25) is 4.79 Å². The lowest BCUT2D eigenvalue weighted by Gasteiger charge is -2.48. The summed E-state index contributed by atoms with van der Waals surface area (Å²) < 4.78 is 29.0. The maximum Gasteiger partial charge on any atom is 0.303 e. The number of aliphatic hydroxyl groups excluding tert-OH is 2. The van der Waals surface area contributed by atoms with Crippen LogP contribution in [0.2, 0.25) is 0 Å². The molecule has 0 aromatic heterocycles. The van der Waals surface area contributed by atoms with Gasteiger partial charge in [0.2, 0.25) is 5.79 Å². The fourth-order valence-corrected chi connectivity index (χ4v) is 3.88. The summed E-state index contributed by atoms with van der Waals surface area (Å²) in [7, 11) is 0. The number of ether oxygens (including phenoxy) is 5. The van der Waals surface area contributed by atoms with Gasteiger partial charge in [0.15, 0.2) is 6.10 Å². The maximum atomic E-state index is 11.9. The second-order valence-corrected chi connectivity index (χ2v) is 7.17. The summed E-state index contributed by atoms with van der Waals surface area (Å²) in [5, 5.41) is 24.0. The number of aliphatic hydroxyl groups is 2. The molecule has 0 aliphatic carbocycles. The normalized spacial score (nSPS) is 28.3. The van der Waals surface area contributed by atoms with Crippen molar-refractivity contribution in [2.45, 2.75) is 43.7 Å². The Bertz CT molecular complexity index is 932. The van der Waals surface area contributed by atoms with Gasteiger partial charge in [0.1, 0.15) is 36.9 Å². The standard InChI is InChI=1S/C21H25N3O8/c1-4-6-28-14-8-13-11-30-21(17(13)15(9-14)29-7-5-2)20(31-12(3)26)18(23-24-22)19(27)16(10-25)32-21/h4-5,8-9,16,18-20,25,27H,1-2,6-7,10-11H2,3H3/t16-,18?,19?,20?,21?/m1/s1. The van der Waals surface area contributed by atoms with E-state index < -0.39 is 42.7 Å². The van der Waals surface area contributed by atoms with Crippen LogP contribution >= 0.6 is 0 Å². The third-order valence-electron chi connectivity index (χ3n) is 5.07. The van der Waals surface area contributed by atoms with Gasteiger partial charge in [0.05, 0.1) is 24.9 Å². The zero-order valence-corrected chi connectivity index (χ0v) is 17.5. The summed E-state index contributed by atoms with van der Waals surface area (Å²) >= 11 is 0. The highest BCUT2D eigenvalue weighted by Gasteiger charge is 2.62. The molecule has 4 unspecified atom stereocenters. The van der Waals surface area contributed by atoms with Gasteiger partial charge in [-0.05, 0) is 17.2 Å². The molecule has 32 heavy (non-hydrogen) atoms. The first-order chi connectivity index (χ1) is 15.4. The number of esters is 1. The molecular formula is C21H25N3O8. The Morgan fingerprint density at radius 1 is 1.38 bits per heavy atom. The van der Waals surface area contributed by atoms with Crippen molar-refractivity contribution in [3.8, 4) is 11.5 Å². The van der Waals surface area contributed by atoms with Crippen molar-refractivity contribution in [3.05, 3.63) is 59.0 Å². The van der Waals surface area contributed by atoms with Gasteiger partial charge in [-0.25, -0.2) is 0 Å². The van der Waals surface area contributed by atoms with Crippen molar-refractivity contribution in [2.24, 2.45) is 5.11 Å². The van der Waals surface area contributed by atoms with Gasteiger partial charge in [-0.2, -0.15) is 0 Å². The van der Waals surface area contributed by atoms with Crippen LogP contribution in [0.5, 0.6) is 11.5 Å². The Labute approximate surface area is 184 Å². The molecule has 2 heterocycles. The Morgan fingerprint density at radius 3 is 2.72 bits per heavy atom. The van der Waals surface area contributed by atoms with Crippen molar-refractivity contribution in [1.82, 2.24) is 0 Å². The number of fused-ring (bicyclic) bond motifs is 2. The van der Waals surface area contributed by atoms with Gasteiger partial charge in [-0.15, -0.1) is 0 Å². The van der Waals surface area contributed by atoms with E-state index >= 15 is 0 Å². The third-order valence-corrected chi connectivity index (χ3v) is 5.07. The fraction of sp³-hybridized carbons (Fsp3) is 0.476. The Kier molecular flexibility index (Phi) is 7.39. The molecule has 0 bridgehead atoms. The number of nitrogens with zero attached hydrogens (tertiary/aromatic N) is 3. The highest BCUT2D eigenvalue weighted by molar-refractivity contribution is 5.66. The van der Waals surface area contributed by atoms with Gasteiger partial charge >= 0.3 is 5.97 Å². The number of hydrogen-bond donors (Lipinski definition) is 2. The van der Waals surface area contributed by atoms with Gasteiger partial charge in [0.25, 0.3) is 0 Å². The predicted octanol–water partition coefficient (Wildman–Crippen LogP) is 1.86. The molecule has 5 atom stereocenters. The van der Waals surface area contributed by atoms with E-state index in [2.05, 4.69) is 23.2 Å². The largest absolute Gasteiger partial charge is 0.489 e. The SMILES string of the molecule is C=CCOc1cc2c(c(OCC=C)c1)C1(OC2)O[C@H](CO)C(O)C(N=[N+]=[N-])C1OC(C)=O. The van der Waals surface area contributed by atoms with Crippen LogP contribution in [-0.4, -0.2) is 60.4 Å². The second kappa shape index (κ2) is 10.0. The lowest BCUT2D eigenvalue weighted by Crippen LogP contribution is -2.64. The number of benzene rings is 1. The summed E-state index contributed by atoms with van der Waals surface area (Å²) in [6.07, 6.45) is -0.867. The number of hydrogen-bond acceptors (Lipinski definition) is 9. The van der Waals surface area contributed by atoms with Crippen LogP contribution in [0.25, 0.3) is 10.4 Å². The maximum absolute atomic E-state index is 11.9. The van der Waals surface area contributed by atoms with Crippen LogP contribution in [0.15, 0.2) is 42.6 Å². The first-order valence-electron chi connectivity index (χ1n) is 9.88. The molecule has 1 saturated heterocycles. The average molecular weight is 447 g/mol. The molecule has 3 rings (SSSR count). The van der Waals surface area contributed by atoms with Crippen LogP contribution in [0.4, 0.5) is 0 Å². The van der Waals surface area contributed by atoms with Crippen LogP contribution in [-0.2, 0) is 31.4 Å². The van der Waals surface area contributed by atoms with E-state index in [1.165, 1.54) is 6.92 Å². The van der Waals surface area contributed by atoms with Crippen LogP contribution in [0.3, 0.4) is 0 Å². The minimum absolute atomic E-state index is 0.0140. The number of carbonyl (C=O) groups excluding carboxylic acids is 1. The molecule has 0 radical (unpaired) electrons. The minimum Gasteiger partial charge on any atom is -0.489 e. The molecular weight excluding hydrogens is 422 g/mol.